The number of aliphatic hydroxyl groups excluding tert-OH is 1. The minimum absolute atomic E-state index is 0.0866. The molecule has 2 amide bonds. The number of nitrogens with one attached hydrogen (secondary N) is 1. The average molecular weight is 471 g/mol. The van der Waals surface area contributed by atoms with E-state index in [0.717, 1.165) is 28.4 Å². The second-order valence-electron chi connectivity index (χ2n) is 8.23. The summed E-state index contributed by atoms with van der Waals surface area (Å²) in [6.45, 7) is 7.22. The van der Waals surface area contributed by atoms with Crippen LogP contribution in [0.2, 0.25) is 0 Å². The van der Waals surface area contributed by atoms with Crippen molar-refractivity contribution in [3.05, 3.63) is 48.5 Å². The molecule has 0 radical (unpaired) electrons. The maximum Gasteiger partial charge on any atom is 0.322 e. The van der Waals surface area contributed by atoms with Gasteiger partial charge >= 0.3 is 6.03 Å². The lowest BCUT2D eigenvalue weighted by atomic mass is 10.2. The van der Waals surface area contributed by atoms with Gasteiger partial charge in [-0.25, -0.2) is 9.78 Å². The zero-order chi connectivity index (χ0) is 23.2. The van der Waals surface area contributed by atoms with Gasteiger partial charge in [-0.05, 0) is 44.2 Å². The summed E-state index contributed by atoms with van der Waals surface area (Å²) in [5.74, 6) is 0.686. The van der Waals surface area contributed by atoms with E-state index in [-0.39, 0.29) is 25.2 Å². The van der Waals surface area contributed by atoms with Crippen molar-refractivity contribution in [3.8, 4) is 5.75 Å². The number of nitrogens with zero attached hydrogens (tertiary/aromatic N) is 3. The number of rotatable bonds is 8. The number of para-hydroxylation sites is 1. The summed E-state index contributed by atoms with van der Waals surface area (Å²) < 4.78 is 12.1. The summed E-state index contributed by atoms with van der Waals surface area (Å²) in [7, 11) is 0. The molecule has 176 valence electrons. The molecule has 9 heteroatoms. The molecule has 1 atom stereocenters. The van der Waals surface area contributed by atoms with Gasteiger partial charge in [-0.1, -0.05) is 29.5 Å². The van der Waals surface area contributed by atoms with Crippen LogP contribution in [0.15, 0.2) is 48.5 Å². The lowest BCUT2D eigenvalue weighted by Crippen LogP contribution is -2.45. The number of ether oxygens (including phenoxy) is 2. The van der Waals surface area contributed by atoms with E-state index >= 15 is 0 Å². The van der Waals surface area contributed by atoms with Crippen LogP contribution in [0.4, 0.5) is 15.6 Å². The Balaban J connectivity index is 1.37. The number of carbonyl (C=O) groups excluding carboxylic acids is 1. The highest BCUT2D eigenvalue weighted by Crippen LogP contribution is 2.31. The van der Waals surface area contributed by atoms with E-state index < -0.39 is 6.10 Å². The molecule has 2 N–H and O–H groups in total. The summed E-state index contributed by atoms with van der Waals surface area (Å²) in [5.41, 5.74) is 1.61. The third kappa shape index (κ3) is 6.13. The van der Waals surface area contributed by atoms with Crippen LogP contribution in [-0.2, 0) is 4.74 Å². The fourth-order valence-electron chi connectivity index (χ4n) is 3.59. The minimum atomic E-state index is -0.807. The predicted octanol–water partition coefficient (Wildman–Crippen LogP) is 3.82. The number of hydrogen-bond acceptors (Lipinski definition) is 7. The van der Waals surface area contributed by atoms with Gasteiger partial charge in [0.25, 0.3) is 0 Å². The number of anilines is 2. The van der Waals surface area contributed by atoms with Crippen LogP contribution < -0.4 is 15.0 Å². The summed E-state index contributed by atoms with van der Waals surface area (Å²) in [6.07, 6.45) is -0.807. The van der Waals surface area contributed by atoms with E-state index in [2.05, 4.69) is 10.2 Å². The first kappa shape index (κ1) is 23.3. The Hall–Kier alpha value is -2.88. The second kappa shape index (κ2) is 10.8. The summed E-state index contributed by atoms with van der Waals surface area (Å²) in [6, 6.07) is 14.7. The molecule has 3 aromatic rings. The van der Waals surface area contributed by atoms with Crippen molar-refractivity contribution >= 4 is 38.4 Å². The molecule has 0 saturated carbocycles. The first-order valence-corrected chi connectivity index (χ1v) is 12.0. The van der Waals surface area contributed by atoms with Gasteiger partial charge < -0.3 is 29.7 Å². The quantitative estimate of drug-likeness (QED) is 0.521. The molecule has 1 aromatic heterocycles. The minimum Gasteiger partial charge on any atom is -0.491 e. The van der Waals surface area contributed by atoms with Crippen molar-refractivity contribution in [2.75, 3.05) is 49.7 Å². The Labute approximate surface area is 197 Å². The molecule has 0 spiro atoms. The van der Waals surface area contributed by atoms with Gasteiger partial charge in [0.15, 0.2) is 5.13 Å². The van der Waals surface area contributed by atoms with Gasteiger partial charge in [-0.2, -0.15) is 0 Å². The third-order valence-corrected chi connectivity index (χ3v) is 6.47. The van der Waals surface area contributed by atoms with Crippen LogP contribution in [0.25, 0.3) is 10.2 Å². The number of hydrogen-bond donors (Lipinski definition) is 2. The number of carbonyl (C=O) groups is 1. The van der Waals surface area contributed by atoms with Gasteiger partial charge in [0.2, 0.25) is 0 Å². The van der Waals surface area contributed by atoms with E-state index in [1.165, 1.54) is 0 Å². The zero-order valence-corrected chi connectivity index (χ0v) is 19.8. The van der Waals surface area contributed by atoms with Crippen LogP contribution in [0.1, 0.15) is 13.8 Å². The molecule has 0 aliphatic carbocycles. The van der Waals surface area contributed by atoms with Crippen molar-refractivity contribution in [1.82, 2.24) is 9.88 Å². The maximum atomic E-state index is 13.0. The van der Waals surface area contributed by atoms with E-state index in [0.29, 0.717) is 24.7 Å². The topological polar surface area (TPSA) is 87.2 Å². The highest BCUT2D eigenvalue weighted by atomic mass is 32.1. The van der Waals surface area contributed by atoms with Gasteiger partial charge in [0.05, 0.1) is 30.0 Å². The fraction of sp³-hybridized carbons (Fsp3) is 0.417. The van der Waals surface area contributed by atoms with Crippen molar-refractivity contribution in [1.29, 1.82) is 0 Å². The van der Waals surface area contributed by atoms with Gasteiger partial charge in [0, 0.05) is 24.8 Å². The van der Waals surface area contributed by atoms with Crippen molar-refractivity contribution in [2.24, 2.45) is 0 Å². The Bertz CT molecular complexity index is 1050. The van der Waals surface area contributed by atoms with Crippen LogP contribution in [0, 0.1) is 0 Å². The van der Waals surface area contributed by atoms with Crippen molar-refractivity contribution < 1.29 is 19.4 Å². The number of aliphatic hydroxyl groups is 1. The largest absolute Gasteiger partial charge is 0.491 e. The van der Waals surface area contributed by atoms with Crippen LogP contribution in [-0.4, -0.2) is 72.6 Å². The number of thiazole rings is 1. The van der Waals surface area contributed by atoms with Crippen molar-refractivity contribution in [2.45, 2.75) is 26.0 Å². The number of benzene rings is 2. The second-order valence-corrected chi connectivity index (χ2v) is 9.24. The molecule has 1 aliphatic rings. The van der Waals surface area contributed by atoms with Gasteiger partial charge in [-0.15, -0.1) is 0 Å². The van der Waals surface area contributed by atoms with Gasteiger partial charge in [-0.3, -0.25) is 0 Å². The lowest BCUT2D eigenvalue weighted by molar-refractivity contribution is 0.0717. The first-order valence-electron chi connectivity index (χ1n) is 11.2. The number of amides is 2. The lowest BCUT2D eigenvalue weighted by Gasteiger charge is -2.29. The van der Waals surface area contributed by atoms with Crippen molar-refractivity contribution in [3.63, 3.8) is 0 Å². The molecule has 8 nitrogen and oxygen atoms in total. The highest BCUT2D eigenvalue weighted by molar-refractivity contribution is 7.22. The van der Waals surface area contributed by atoms with Gasteiger partial charge in [0.1, 0.15) is 18.5 Å². The predicted molar refractivity (Wildman–Crippen MR) is 131 cm³/mol. The first-order chi connectivity index (χ1) is 16.0. The molecule has 1 unspecified atom stereocenters. The van der Waals surface area contributed by atoms with E-state index in [1.54, 1.807) is 16.2 Å². The van der Waals surface area contributed by atoms with E-state index in [1.807, 2.05) is 62.4 Å². The normalized spacial score (nSPS) is 15.0. The molecule has 33 heavy (non-hydrogen) atoms. The maximum absolute atomic E-state index is 13.0. The Morgan fingerprint density at radius 3 is 2.73 bits per heavy atom. The molecule has 4 rings (SSSR count). The van der Waals surface area contributed by atoms with E-state index in [9.17, 15) is 9.90 Å². The molecule has 0 bridgehead atoms. The number of aromatic nitrogens is 1. The highest BCUT2D eigenvalue weighted by Gasteiger charge is 2.22. The zero-order valence-electron chi connectivity index (χ0n) is 18.9. The number of urea groups is 1. The molecule has 1 aliphatic heterocycles. The summed E-state index contributed by atoms with van der Waals surface area (Å²) >= 11 is 1.61. The Morgan fingerprint density at radius 2 is 2.00 bits per heavy atom. The molecule has 1 saturated heterocycles. The van der Waals surface area contributed by atoms with Crippen LogP contribution >= 0.6 is 11.3 Å². The fourth-order valence-corrected chi connectivity index (χ4v) is 4.65. The standard InChI is InChI=1S/C24H30N4O4S/c1-17(2)28(15-19(29)16-32-20-6-4-3-5-7-20)23(30)25-18-8-9-21-22(14-18)33-24(26-21)27-10-12-31-13-11-27/h3-9,14,17,19,29H,10-13,15-16H2,1-2H3,(H,25,30). The molecule has 2 aromatic carbocycles. The molecule has 2 heterocycles. The number of morpholine rings is 1. The Morgan fingerprint density at radius 1 is 1.24 bits per heavy atom. The SMILES string of the molecule is CC(C)N(CC(O)COc1ccccc1)C(=O)Nc1ccc2nc(N3CCOCC3)sc2c1. The van der Waals surface area contributed by atoms with Crippen LogP contribution in [0.5, 0.6) is 5.75 Å². The summed E-state index contributed by atoms with van der Waals surface area (Å²) in [5, 5.41) is 14.4. The van der Waals surface area contributed by atoms with Crippen LogP contribution in [0.3, 0.4) is 0 Å². The third-order valence-electron chi connectivity index (χ3n) is 5.39. The average Bonchev–Trinajstić information content (AvgIpc) is 3.26. The smallest absolute Gasteiger partial charge is 0.322 e. The molecular weight excluding hydrogens is 440 g/mol. The molecule has 1 fully saturated rings. The summed E-state index contributed by atoms with van der Waals surface area (Å²) in [4.78, 5) is 21.5. The Kier molecular flexibility index (Phi) is 7.64. The monoisotopic (exact) mass is 470 g/mol. The van der Waals surface area contributed by atoms with E-state index in [4.69, 9.17) is 14.5 Å². The number of fused-ring (bicyclic) bond motifs is 1. The molecular formula is C24H30N4O4S.